The first-order chi connectivity index (χ1) is 12.8. The van der Waals surface area contributed by atoms with Gasteiger partial charge in [-0.25, -0.2) is 8.42 Å². The molecule has 0 bridgehead atoms. The maximum Gasteiger partial charge on any atom is 0.218 e. The molecule has 0 aliphatic carbocycles. The van der Waals surface area contributed by atoms with E-state index in [4.69, 9.17) is 12.2 Å². The van der Waals surface area contributed by atoms with Gasteiger partial charge in [-0.05, 0) is 48.8 Å². The minimum atomic E-state index is -3.31. The average Bonchev–Trinajstić information content (AvgIpc) is 2.65. The van der Waals surface area contributed by atoms with E-state index < -0.39 is 10.0 Å². The number of nitrogens with one attached hydrogen (secondary N) is 1. The molecule has 1 heterocycles. The van der Waals surface area contributed by atoms with Crippen molar-refractivity contribution in [3.05, 3.63) is 65.2 Å². The highest BCUT2D eigenvalue weighted by Gasteiger charge is 2.28. The number of thiocarbonyl (C=S) groups is 1. The summed E-state index contributed by atoms with van der Waals surface area (Å²) >= 11 is 5.54. The van der Waals surface area contributed by atoms with Crippen LogP contribution >= 0.6 is 12.2 Å². The van der Waals surface area contributed by atoms with Gasteiger partial charge in [0.2, 0.25) is 10.0 Å². The largest absolute Gasteiger partial charge is 0.346 e. The summed E-state index contributed by atoms with van der Waals surface area (Å²) in [5, 5.41) is 3.95. The van der Waals surface area contributed by atoms with Gasteiger partial charge in [0.25, 0.3) is 0 Å². The molecule has 5 nitrogen and oxygen atoms in total. The molecule has 1 saturated heterocycles. The van der Waals surface area contributed by atoms with E-state index in [0.29, 0.717) is 31.3 Å². The zero-order chi connectivity index (χ0) is 19.4. The Morgan fingerprint density at radius 1 is 1.04 bits per heavy atom. The third-order valence-electron chi connectivity index (χ3n) is 4.75. The average molecular weight is 404 g/mol. The molecule has 3 rings (SSSR count). The van der Waals surface area contributed by atoms with Gasteiger partial charge >= 0.3 is 0 Å². The molecular weight excluding hydrogens is 378 g/mol. The first-order valence-electron chi connectivity index (χ1n) is 9.00. The van der Waals surface area contributed by atoms with Crippen LogP contribution in [0.5, 0.6) is 0 Å². The lowest BCUT2D eigenvalue weighted by Gasteiger charge is -2.35. The highest BCUT2D eigenvalue weighted by molar-refractivity contribution is 7.88. The van der Waals surface area contributed by atoms with Crippen LogP contribution in [0.2, 0.25) is 0 Å². The molecular formula is C20H25N3O2S2. The number of nitrogens with zero attached hydrogens (tertiary/aromatic N) is 2. The summed E-state index contributed by atoms with van der Waals surface area (Å²) in [7, 11) is -3.31. The van der Waals surface area contributed by atoms with E-state index in [1.54, 1.807) is 4.31 Å². The van der Waals surface area contributed by atoms with Gasteiger partial charge < -0.3 is 10.2 Å². The number of hydrogen-bond acceptors (Lipinski definition) is 3. The van der Waals surface area contributed by atoms with Crippen molar-refractivity contribution < 1.29 is 8.42 Å². The van der Waals surface area contributed by atoms with Crippen molar-refractivity contribution in [1.82, 2.24) is 9.21 Å². The van der Waals surface area contributed by atoms with Gasteiger partial charge in [0.15, 0.2) is 5.11 Å². The number of hydrogen-bond donors (Lipinski definition) is 1. The molecule has 1 aliphatic heterocycles. The quantitative estimate of drug-likeness (QED) is 0.795. The molecule has 0 aromatic heterocycles. The van der Waals surface area contributed by atoms with Crippen LogP contribution in [0.25, 0.3) is 0 Å². The molecule has 27 heavy (non-hydrogen) atoms. The predicted octanol–water partition coefficient (Wildman–Crippen LogP) is 3.15. The molecule has 0 unspecified atom stereocenters. The lowest BCUT2D eigenvalue weighted by molar-refractivity contribution is 0.268. The molecule has 2 aromatic rings. The molecule has 0 amide bonds. The van der Waals surface area contributed by atoms with E-state index in [9.17, 15) is 8.42 Å². The summed E-state index contributed by atoms with van der Waals surface area (Å²) in [4.78, 5) is 2.03. The Balaban J connectivity index is 1.58. The minimum absolute atomic E-state index is 0.0407. The van der Waals surface area contributed by atoms with Crippen molar-refractivity contribution in [3.63, 3.8) is 0 Å². The van der Waals surface area contributed by atoms with Crippen LogP contribution in [0.3, 0.4) is 0 Å². The number of benzene rings is 2. The zero-order valence-electron chi connectivity index (χ0n) is 15.7. The summed E-state index contributed by atoms with van der Waals surface area (Å²) < 4.78 is 26.9. The van der Waals surface area contributed by atoms with Gasteiger partial charge in [-0.1, -0.05) is 42.5 Å². The Bertz CT molecular complexity index is 906. The fourth-order valence-corrected chi connectivity index (χ4v) is 4.92. The lowest BCUT2D eigenvalue weighted by atomic mass is 10.1. The molecule has 2 aromatic carbocycles. The first-order valence-corrected chi connectivity index (χ1v) is 11.0. The summed E-state index contributed by atoms with van der Waals surface area (Å²) in [6, 6.07) is 15.5. The van der Waals surface area contributed by atoms with Gasteiger partial charge in [-0.2, -0.15) is 4.31 Å². The van der Waals surface area contributed by atoms with Gasteiger partial charge in [0.1, 0.15) is 0 Å². The highest BCUT2D eigenvalue weighted by Crippen LogP contribution is 2.18. The molecule has 1 aliphatic rings. The summed E-state index contributed by atoms with van der Waals surface area (Å²) in [6.07, 6.45) is 0. The van der Waals surface area contributed by atoms with Crippen LogP contribution in [0.4, 0.5) is 5.69 Å². The van der Waals surface area contributed by atoms with Gasteiger partial charge in [-0.15, -0.1) is 0 Å². The maximum atomic E-state index is 12.7. The SMILES string of the molecule is Cc1ccc(C)c(NC(=S)N2CCN(S(=O)(=O)Cc3ccccc3)CC2)c1. The normalized spacial score (nSPS) is 15.6. The van der Waals surface area contributed by atoms with Crippen molar-refractivity contribution >= 4 is 33.0 Å². The van der Waals surface area contributed by atoms with Crippen LogP contribution in [0, 0.1) is 13.8 Å². The maximum absolute atomic E-state index is 12.7. The van der Waals surface area contributed by atoms with Crippen LogP contribution in [0.15, 0.2) is 48.5 Å². The Kier molecular flexibility index (Phi) is 6.14. The van der Waals surface area contributed by atoms with Crippen molar-refractivity contribution in [1.29, 1.82) is 0 Å². The van der Waals surface area contributed by atoms with Crippen molar-refractivity contribution in [2.45, 2.75) is 19.6 Å². The Morgan fingerprint density at radius 3 is 2.37 bits per heavy atom. The first kappa shape index (κ1) is 19.8. The second-order valence-corrected chi connectivity index (χ2v) is 9.23. The Hall–Kier alpha value is -1.96. The van der Waals surface area contributed by atoms with Crippen molar-refractivity contribution in [2.75, 3.05) is 31.5 Å². The predicted molar refractivity (Wildman–Crippen MR) is 114 cm³/mol. The lowest BCUT2D eigenvalue weighted by Crippen LogP contribution is -2.51. The van der Waals surface area contributed by atoms with Crippen LogP contribution in [-0.4, -0.2) is 48.9 Å². The monoisotopic (exact) mass is 403 g/mol. The fraction of sp³-hybridized carbons (Fsp3) is 0.350. The molecule has 1 fully saturated rings. The summed E-state index contributed by atoms with van der Waals surface area (Å²) in [6.45, 7) is 6.16. The van der Waals surface area contributed by atoms with Crippen LogP contribution in [0.1, 0.15) is 16.7 Å². The van der Waals surface area contributed by atoms with E-state index in [1.807, 2.05) is 49.1 Å². The number of rotatable bonds is 4. The Morgan fingerprint density at radius 2 is 1.70 bits per heavy atom. The Labute approximate surface area is 167 Å². The second kappa shape index (κ2) is 8.37. The molecule has 7 heteroatoms. The van der Waals surface area contributed by atoms with E-state index in [2.05, 4.69) is 23.5 Å². The third kappa shape index (κ3) is 5.06. The molecule has 0 radical (unpaired) electrons. The van der Waals surface area contributed by atoms with Gasteiger partial charge in [-0.3, -0.25) is 0 Å². The fourth-order valence-electron chi connectivity index (χ4n) is 3.11. The highest BCUT2D eigenvalue weighted by atomic mass is 32.2. The molecule has 0 spiro atoms. The molecule has 144 valence electrons. The smallest absolute Gasteiger partial charge is 0.218 e. The van der Waals surface area contributed by atoms with E-state index in [-0.39, 0.29) is 5.75 Å². The van der Waals surface area contributed by atoms with Gasteiger partial charge in [0, 0.05) is 31.9 Å². The molecule has 0 atom stereocenters. The van der Waals surface area contributed by atoms with Crippen molar-refractivity contribution in [3.8, 4) is 0 Å². The second-order valence-electron chi connectivity index (χ2n) is 6.88. The number of sulfonamides is 1. The summed E-state index contributed by atoms with van der Waals surface area (Å²) in [5.41, 5.74) is 4.11. The van der Waals surface area contributed by atoms with Crippen LogP contribution in [-0.2, 0) is 15.8 Å². The van der Waals surface area contributed by atoms with E-state index in [1.165, 1.54) is 5.56 Å². The van der Waals surface area contributed by atoms with E-state index in [0.717, 1.165) is 16.8 Å². The zero-order valence-corrected chi connectivity index (χ0v) is 17.3. The summed E-state index contributed by atoms with van der Waals surface area (Å²) in [5.74, 6) is 0.0407. The minimum Gasteiger partial charge on any atom is -0.346 e. The van der Waals surface area contributed by atoms with Crippen LogP contribution < -0.4 is 5.32 Å². The topological polar surface area (TPSA) is 52.6 Å². The standard InChI is InChI=1S/C20H25N3O2S2/c1-16-8-9-17(2)19(14-16)21-20(26)22-10-12-23(13-11-22)27(24,25)15-18-6-4-3-5-7-18/h3-9,14H,10-13,15H2,1-2H3,(H,21,26). The number of aryl methyl sites for hydroxylation is 2. The molecule has 0 saturated carbocycles. The number of anilines is 1. The van der Waals surface area contributed by atoms with E-state index >= 15 is 0 Å². The molecule has 1 N–H and O–H groups in total. The van der Waals surface area contributed by atoms with Crippen molar-refractivity contribution in [2.24, 2.45) is 0 Å². The number of piperazine rings is 1. The van der Waals surface area contributed by atoms with Gasteiger partial charge in [0.05, 0.1) is 5.75 Å². The third-order valence-corrected chi connectivity index (χ3v) is 6.96.